The standard InChI is InChI=1S/C14H27F3O4S2Si/c1-13(2,3)24(6,7)20-11-8-9-12(10-11)22(4,5)21-23(18,19)14(15,16)17/h10,12H,8-9H2,1-7H3. The Morgan fingerprint density at radius 3 is 2.08 bits per heavy atom. The minimum absolute atomic E-state index is 0.00439. The van der Waals surface area contributed by atoms with Gasteiger partial charge in [0.25, 0.3) is 0 Å². The van der Waals surface area contributed by atoms with E-state index >= 15 is 0 Å². The van der Waals surface area contributed by atoms with Crippen LogP contribution in [0, 0.1) is 0 Å². The second-order valence-corrected chi connectivity index (χ2v) is 17.7. The molecule has 0 bridgehead atoms. The molecule has 144 valence electrons. The highest BCUT2D eigenvalue weighted by Gasteiger charge is 2.51. The Morgan fingerprint density at radius 2 is 1.67 bits per heavy atom. The maximum atomic E-state index is 12.5. The molecule has 0 amide bonds. The SMILES string of the molecule is CC(C)(C)[Si](C)(C)OC1=CC(S(C)(C)OS(=O)(=O)C(F)(F)F)CC1. The molecule has 0 aromatic rings. The van der Waals surface area contributed by atoms with Gasteiger partial charge >= 0.3 is 15.6 Å². The van der Waals surface area contributed by atoms with E-state index in [-0.39, 0.29) is 10.3 Å². The minimum Gasteiger partial charge on any atom is -0.547 e. The normalized spacial score (nSPS) is 21.6. The van der Waals surface area contributed by atoms with E-state index < -0.39 is 34.3 Å². The van der Waals surface area contributed by atoms with Crippen LogP contribution in [0.3, 0.4) is 0 Å². The quantitative estimate of drug-likeness (QED) is 0.480. The maximum absolute atomic E-state index is 12.5. The van der Waals surface area contributed by atoms with Gasteiger partial charge in [-0.15, -0.1) is 10.3 Å². The summed E-state index contributed by atoms with van der Waals surface area (Å²) in [5.41, 5.74) is -5.40. The molecule has 1 aliphatic rings. The Bertz CT molecular complexity index is 604. The zero-order valence-corrected chi connectivity index (χ0v) is 17.8. The number of rotatable bonds is 5. The molecule has 24 heavy (non-hydrogen) atoms. The maximum Gasteiger partial charge on any atom is 0.523 e. The molecule has 1 rings (SSSR count). The average Bonchev–Trinajstić information content (AvgIpc) is 2.72. The predicted octanol–water partition coefficient (Wildman–Crippen LogP) is 4.90. The smallest absolute Gasteiger partial charge is 0.523 e. The van der Waals surface area contributed by atoms with Gasteiger partial charge in [0.2, 0.25) is 8.32 Å². The van der Waals surface area contributed by atoms with Gasteiger partial charge in [0.1, 0.15) is 0 Å². The first-order valence-corrected chi connectivity index (χ1v) is 14.3. The molecule has 0 saturated carbocycles. The van der Waals surface area contributed by atoms with E-state index in [1.165, 1.54) is 12.5 Å². The summed E-state index contributed by atoms with van der Waals surface area (Å²) >= 11 is 0. The Hall–Kier alpha value is -0.193. The van der Waals surface area contributed by atoms with Gasteiger partial charge in [-0.2, -0.15) is 21.6 Å². The summed E-state index contributed by atoms with van der Waals surface area (Å²) < 4.78 is 71.0. The van der Waals surface area contributed by atoms with Crippen molar-refractivity contribution < 1.29 is 29.6 Å². The molecule has 0 aromatic carbocycles. The highest BCUT2D eigenvalue weighted by molar-refractivity contribution is 8.32. The summed E-state index contributed by atoms with van der Waals surface area (Å²) in [6.07, 6.45) is 5.74. The summed E-state index contributed by atoms with van der Waals surface area (Å²) in [6, 6.07) is 0. The lowest BCUT2D eigenvalue weighted by molar-refractivity contribution is -0.0496. The van der Waals surface area contributed by atoms with Crippen LogP contribution in [0.1, 0.15) is 33.6 Å². The summed E-state index contributed by atoms with van der Waals surface area (Å²) in [7, 11) is -10.1. The molecular weight excluding hydrogens is 381 g/mol. The molecule has 4 nitrogen and oxygen atoms in total. The summed E-state index contributed by atoms with van der Waals surface area (Å²) in [6.45, 7) is 10.5. The van der Waals surface area contributed by atoms with E-state index in [1.807, 2.05) is 0 Å². The van der Waals surface area contributed by atoms with Gasteiger partial charge in [-0.05, 0) is 43.1 Å². The molecule has 1 unspecified atom stereocenters. The summed E-state index contributed by atoms with van der Waals surface area (Å²) in [5.74, 6) is 0.736. The number of halogens is 3. The first-order valence-electron chi connectivity index (χ1n) is 7.53. The van der Waals surface area contributed by atoms with Crippen LogP contribution >= 0.6 is 10.3 Å². The van der Waals surface area contributed by atoms with Crippen molar-refractivity contribution in [2.45, 2.75) is 62.5 Å². The molecule has 1 atom stereocenters. The van der Waals surface area contributed by atoms with Gasteiger partial charge in [0.05, 0.1) is 5.76 Å². The lowest BCUT2D eigenvalue weighted by Crippen LogP contribution is -2.40. The van der Waals surface area contributed by atoms with Crippen LogP contribution in [-0.2, 0) is 18.2 Å². The van der Waals surface area contributed by atoms with E-state index in [2.05, 4.69) is 37.5 Å². The molecule has 0 spiro atoms. The van der Waals surface area contributed by atoms with Crippen LogP contribution in [0.25, 0.3) is 0 Å². The van der Waals surface area contributed by atoms with Crippen LogP contribution < -0.4 is 0 Å². The fourth-order valence-corrected chi connectivity index (χ4v) is 6.85. The van der Waals surface area contributed by atoms with E-state index in [9.17, 15) is 21.6 Å². The van der Waals surface area contributed by atoms with Gasteiger partial charge in [0.15, 0.2) is 0 Å². The third kappa shape index (κ3) is 4.92. The minimum atomic E-state index is -5.59. The Kier molecular flexibility index (Phi) is 5.93. The summed E-state index contributed by atoms with van der Waals surface area (Å²) in [5, 5.41) is -0.376. The van der Waals surface area contributed by atoms with Crippen molar-refractivity contribution in [1.82, 2.24) is 0 Å². The van der Waals surface area contributed by atoms with Crippen molar-refractivity contribution in [3.05, 3.63) is 11.8 Å². The van der Waals surface area contributed by atoms with Crippen molar-refractivity contribution in [2.75, 3.05) is 12.5 Å². The molecule has 0 radical (unpaired) electrons. The molecule has 0 N–H and O–H groups in total. The van der Waals surface area contributed by atoms with Gasteiger partial charge in [0, 0.05) is 11.7 Å². The number of alkyl halides is 3. The van der Waals surface area contributed by atoms with Crippen LogP contribution in [0.4, 0.5) is 13.2 Å². The van der Waals surface area contributed by atoms with Gasteiger partial charge in [-0.1, -0.05) is 20.8 Å². The first-order chi connectivity index (χ1) is 10.4. The van der Waals surface area contributed by atoms with E-state index in [0.717, 1.165) is 5.76 Å². The van der Waals surface area contributed by atoms with Crippen molar-refractivity contribution in [1.29, 1.82) is 0 Å². The molecule has 0 aromatic heterocycles. The number of allylic oxidation sites excluding steroid dienone is 1. The second kappa shape index (κ2) is 6.51. The topological polar surface area (TPSA) is 52.6 Å². The molecule has 0 saturated heterocycles. The lowest BCUT2D eigenvalue weighted by Gasteiger charge is -2.37. The van der Waals surface area contributed by atoms with Crippen LogP contribution in [0.15, 0.2) is 11.8 Å². The van der Waals surface area contributed by atoms with Crippen LogP contribution in [0.2, 0.25) is 18.1 Å². The molecule has 0 heterocycles. The Morgan fingerprint density at radius 1 is 1.17 bits per heavy atom. The van der Waals surface area contributed by atoms with Crippen molar-refractivity contribution in [3.63, 3.8) is 0 Å². The van der Waals surface area contributed by atoms with E-state index in [0.29, 0.717) is 12.8 Å². The fraction of sp³-hybridized carbons (Fsp3) is 0.857. The Balaban J connectivity index is 2.92. The van der Waals surface area contributed by atoms with Gasteiger partial charge in [-0.25, -0.2) is 3.63 Å². The van der Waals surface area contributed by atoms with E-state index in [4.69, 9.17) is 4.43 Å². The number of hydrogen-bond donors (Lipinski definition) is 0. The van der Waals surface area contributed by atoms with Gasteiger partial charge < -0.3 is 4.43 Å². The predicted molar refractivity (Wildman–Crippen MR) is 94.9 cm³/mol. The van der Waals surface area contributed by atoms with Crippen LogP contribution in [0.5, 0.6) is 0 Å². The molecule has 0 aliphatic heterocycles. The monoisotopic (exact) mass is 408 g/mol. The third-order valence-electron chi connectivity index (χ3n) is 4.52. The highest BCUT2D eigenvalue weighted by Crippen LogP contribution is 2.55. The van der Waals surface area contributed by atoms with Crippen LogP contribution in [-0.4, -0.2) is 40.0 Å². The Labute approximate surface area is 145 Å². The highest BCUT2D eigenvalue weighted by atomic mass is 32.3. The van der Waals surface area contributed by atoms with Gasteiger partial charge in [-0.3, -0.25) is 0 Å². The lowest BCUT2D eigenvalue weighted by atomic mass is 10.2. The zero-order valence-electron chi connectivity index (χ0n) is 15.2. The third-order valence-corrected chi connectivity index (χ3v) is 13.4. The van der Waals surface area contributed by atoms with E-state index in [1.54, 1.807) is 6.08 Å². The largest absolute Gasteiger partial charge is 0.547 e. The first kappa shape index (κ1) is 21.8. The number of hydrogen-bond acceptors (Lipinski definition) is 4. The zero-order chi connectivity index (χ0) is 19.2. The molecule has 1 aliphatic carbocycles. The van der Waals surface area contributed by atoms with Crippen molar-refractivity contribution in [2.24, 2.45) is 0 Å². The molecular formula is C14H27F3O4S2Si. The second-order valence-electron chi connectivity index (χ2n) is 7.85. The summed E-state index contributed by atoms with van der Waals surface area (Å²) in [4.78, 5) is 0. The average molecular weight is 409 g/mol. The molecule has 10 heteroatoms. The molecule has 0 fully saturated rings. The van der Waals surface area contributed by atoms with Crippen molar-refractivity contribution in [3.8, 4) is 0 Å². The fourth-order valence-electron chi connectivity index (χ4n) is 1.99. The van der Waals surface area contributed by atoms with Crippen molar-refractivity contribution >= 4 is 28.7 Å².